The van der Waals surface area contributed by atoms with Gasteiger partial charge in [-0.1, -0.05) is 0 Å². The molecule has 6 heteroatoms. The number of phosphoric acid groups is 1. The van der Waals surface area contributed by atoms with Gasteiger partial charge >= 0.3 is 7.82 Å². The minimum Gasteiger partial charge on any atom is -0.301 e. The first kappa shape index (κ1) is 8.07. The van der Waals surface area contributed by atoms with Gasteiger partial charge in [-0.15, -0.1) is 4.67 Å². The Balaban J connectivity index is 3.55. The summed E-state index contributed by atoms with van der Waals surface area (Å²) in [6.45, 7) is 0. The summed E-state index contributed by atoms with van der Waals surface area (Å²) in [7, 11) is -1.74. The molecule has 0 aromatic heterocycles. The van der Waals surface area contributed by atoms with Crippen LogP contribution in [0.5, 0.6) is 0 Å². The molecule has 0 bridgehead atoms. The summed E-state index contributed by atoms with van der Waals surface area (Å²) < 4.78 is 17.9. The van der Waals surface area contributed by atoms with Gasteiger partial charge < -0.3 is 4.89 Å². The zero-order chi connectivity index (χ0) is 6.62. The van der Waals surface area contributed by atoms with Crippen molar-refractivity contribution in [3.63, 3.8) is 0 Å². The Morgan fingerprint density at radius 1 is 1.50 bits per heavy atom. The third kappa shape index (κ3) is 3.12. The standard InChI is InChI=1S/C2H7O5P/c1-5-7-8(3,4)6-2/h1-2H3,(H,3,4). The zero-order valence-electron chi connectivity index (χ0n) is 4.53. The lowest BCUT2D eigenvalue weighted by Gasteiger charge is -2.03. The van der Waals surface area contributed by atoms with Gasteiger partial charge in [-0.3, -0.25) is 4.52 Å². The number of phosphoric ester groups is 1. The monoisotopic (exact) mass is 142 g/mol. The van der Waals surface area contributed by atoms with E-state index in [1.54, 1.807) is 0 Å². The van der Waals surface area contributed by atoms with Gasteiger partial charge in [0, 0.05) is 7.11 Å². The number of hydrogen-bond donors (Lipinski definition) is 1. The molecular weight excluding hydrogens is 135 g/mol. The Morgan fingerprint density at radius 3 is 2.12 bits per heavy atom. The summed E-state index contributed by atoms with van der Waals surface area (Å²) in [6, 6.07) is 0. The molecule has 0 radical (unpaired) electrons. The van der Waals surface area contributed by atoms with Crippen molar-refractivity contribution in [3.8, 4) is 0 Å². The molecule has 0 aromatic carbocycles. The summed E-state index contributed by atoms with van der Waals surface area (Å²) in [4.78, 5) is 12.2. The summed E-state index contributed by atoms with van der Waals surface area (Å²) in [5.41, 5.74) is 0. The Bertz CT molecular complexity index is 101. The van der Waals surface area contributed by atoms with Crippen LogP contribution in [0.25, 0.3) is 0 Å². The van der Waals surface area contributed by atoms with E-state index in [4.69, 9.17) is 4.89 Å². The van der Waals surface area contributed by atoms with Gasteiger partial charge in [0.2, 0.25) is 0 Å². The van der Waals surface area contributed by atoms with E-state index in [-0.39, 0.29) is 0 Å². The van der Waals surface area contributed by atoms with Gasteiger partial charge in [-0.2, -0.15) is 0 Å². The molecule has 0 aliphatic heterocycles. The Kier molecular flexibility index (Phi) is 3.19. The van der Waals surface area contributed by atoms with Crippen LogP contribution in [0.4, 0.5) is 0 Å². The molecule has 0 spiro atoms. The van der Waals surface area contributed by atoms with E-state index in [2.05, 4.69) is 14.1 Å². The first-order valence-corrected chi connectivity index (χ1v) is 3.23. The van der Waals surface area contributed by atoms with Crippen molar-refractivity contribution in [3.05, 3.63) is 0 Å². The third-order valence-electron chi connectivity index (χ3n) is 0.399. The highest BCUT2D eigenvalue weighted by Gasteiger charge is 2.18. The second-order valence-corrected chi connectivity index (χ2v) is 2.34. The lowest BCUT2D eigenvalue weighted by atomic mass is 11.8. The van der Waals surface area contributed by atoms with E-state index in [9.17, 15) is 4.57 Å². The number of hydrogen-bond acceptors (Lipinski definition) is 4. The minimum absolute atomic E-state index is 1.04. The largest absolute Gasteiger partial charge is 0.499 e. The lowest BCUT2D eigenvalue weighted by Crippen LogP contribution is -1.88. The van der Waals surface area contributed by atoms with Crippen molar-refractivity contribution in [2.24, 2.45) is 0 Å². The van der Waals surface area contributed by atoms with Gasteiger partial charge in [0.1, 0.15) is 0 Å². The van der Waals surface area contributed by atoms with Crippen molar-refractivity contribution in [2.45, 2.75) is 0 Å². The summed E-state index contributed by atoms with van der Waals surface area (Å²) >= 11 is 0. The predicted octanol–water partition coefficient (Wildman–Crippen LogP) is 0.311. The van der Waals surface area contributed by atoms with E-state index < -0.39 is 7.82 Å². The molecule has 1 unspecified atom stereocenters. The van der Waals surface area contributed by atoms with Crippen molar-refractivity contribution >= 4 is 7.82 Å². The van der Waals surface area contributed by atoms with Crippen molar-refractivity contribution in [1.82, 2.24) is 0 Å². The number of rotatable bonds is 3. The van der Waals surface area contributed by atoms with E-state index in [0.29, 0.717) is 0 Å². The van der Waals surface area contributed by atoms with E-state index in [0.717, 1.165) is 14.2 Å². The second-order valence-electron chi connectivity index (χ2n) is 0.892. The van der Waals surface area contributed by atoms with Gasteiger partial charge in [-0.05, 0) is 0 Å². The molecule has 50 valence electrons. The topological polar surface area (TPSA) is 65.0 Å². The fourth-order valence-electron chi connectivity index (χ4n) is 0.125. The highest BCUT2D eigenvalue weighted by atomic mass is 31.2. The molecule has 0 aliphatic carbocycles. The quantitative estimate of drug-likeness (QED) is 0.349. The summed E-state index contributed by atoms with van der Waals surface area (Å²) in [6.07, 6.45) is 0. The molecule has 0 rings (SSSR count). The first-order chi connectivity index (χ1) is 3.62. The first-order valence-electron chi connectivity index (χ1n) is 1.73. The molecule has 0 aromatic rings. The van der Waals surface area contributed by atoms with Crippen molar-refractivity contribution in [1.29, 1.82) is 0 Å². The SMILES string of the molecule is COOP(=O)(O)OC. The molecule has 1 N–H and O–H groups in total. The molecule has 0 heterocycles. The minimum atomic E-state index is -3.90. The zero-order valence-corrected chi connectivity index (χ0v) is 5.42. The van der Waals surface area contributed by atoms with E-state index in [1.807, 2.05) is 0 Å². The van der Waals surface area contributed by atoms with Crippen molar-refractivity contribution < 1.29 is 23.5 Å². The highest BCUT2D eigenvalue weighted by molar-refractivity contribution is 7.47. The average Bonchev–Trinajstić information content (AvgIpc) is 1.67. The van der Waals surface area contributed by atoms with Crippen LogP contribution in [0.3, 0.4) is 0 Å². The van der Waals surface area contributed by atoms with Gasteiger partial charge in [0.05, 0.1) is 7.11 Å². The van der Waals surface area contributed by atoms with Gasteiger partial charge in [0.15, 0.2) is 0 Å². The predicted molar refractivity (Wildman–Crippen MR) is 24.9 cm³/mol. The van der Waals surface area contributed by atoms with Crippen LogP contribution >= 0.6 is 7.82 Å². The molecule has 5 nitrogen and oxygen atoms in total. The van der Waals surface area contributed by atoms with Crippen LogP contribution in [0, 0.1) is 0 Å². The van der Waals surface area contributed by atoms with E-state index in [1.165, 1.54) is 0 Å². The molecule has 0 saturated carbocycles. The Morgan fingerprint density at radius 2 is 2.00 bits per heavy atom. The maximum atomic E-state index is 10.2. The molecule has 0 saturated heterocycles. The maximum absolute atomic E-state index is 10.2. The molecule has 0 amide bonds. The molecule has 1 atom stereocenters. The Labute approximate surface area is 46.7 Å². The normalized spacial score (nSPS) is 17.9. The molecule has 0 aliphatic rings. The van der Waals surface area contributed by atoms with Crippen molar-refractivity contribution in [2.75, 3.05) is 14.2 Å². The van der Waals surface area contributed by atoms with Crippen LogP contribution in [0.2, 0.25) is 0 Å². The Hall–Kier alpha value is 0.0700. The third-order valence-corrected chi connectivity index (χ3v) is 1.20. The fraction of sp³-hybridized carbons (Fsp3) is 1.00. The van der Waals surface area contributed by atoms with Gasteiger partial charge in [0.25, 0.3) is 0 Å². The maximum Gasteiger partial charge on any atom is 0.499 e. The summed E-state index contributed by atoms with van der Waals surface area (Å²) in [5.74, 6) is 0. The smallest absolute Gasteiger partial charge is 0.301 e. The highest BCUT2D eigenvalue weighted by Crippen LogP contribution is 2.41. The van der Waals surface area contributed by atoms with Crippen LogP contribution < -0.4 is 0 Å². The fourth-order valence-corrected chi connectivity index (χ4v) is 0.374. The average molecular weight is 142 g/mol. The van der Waals surface area contributed by atoms with Crippen LogP contribution in [0.1, 0.15) is 0 Å². The van der Waals surface area contributed by atoms with Gasteiger partial charge in [-0.25, -0.2) is 9.45 Å². The lowest BCUT2D eigenvalue weighted by molar-refractivity contribution is -0.196. The van der Waals surface area contributed by atoms with Crippen LogP contribution in [-0.2, 0) is 18.7 Å². The second kappa shape index (κ2) is 3.17. The molecule has 0 fully saturated rings. The molecule has 8 heavy (non-hydrogen) atoms. The van der Waals surface area contributed by atoms with Crippen LogP contribution in [-0.4, -0.2) is 19.1 Å². The van der Waals surface area contributed by atoms with Crippen LogP contribution in [0.15, 0.2) is 0 Å². The molecular formula is C2H7O5P. The summed E-state index contributed by atoms with van der Waals surface area (Å²) in [5, 5.41) is 0. The van der Waals surface area contributed by atoms with E-state index >= 15 is 0 Å².